The van der Waals surface area contributed by atoms with Crippen LogP contribution in [-0.4, -0.2) is 39.5 Å². The van der Waals surface area contributed by atoms with Crippen LogP contribution >= 0.6 is 15.9 Å². The molecule has 0 radical (unpaired) electrons. The Kier molecular flexibility index (Phi) is 4.16. The average molecular weight is 388 g/mol. The lowest BCUT2D eigenvalue weighted by Crippen LogP contribution is -2.43. The van der Waals surface area contributed by atoms with Crippen molar-refractivity contribution in [1.82, 2.24) is 5.32 Å². The van der Waals surface area contributed by atoms with Crippen molar-refractivity contribution in [2.24, 2.45) is 4.99 Å². The highest BCUT2D eigenvalue weighted by atomic mass is 79.9. The summed E-state index contributed by atoms with van der Waals surface area (Å²) in [6.45, 7) is 3.84. The van der Waals surface area contributed by atoms with E-state index < -0.39 is 0 Å². The van der Waals surface area contributed by atoms with Crippen LogP contribution < -0.4 is 19.7 Å². The zero-order chi connectivity index (χ0) is 16.5. The van der Waals surface area contributed by atoms with Gasteiger partial charge in [-0.25, -0.2) is 0 Å². The molecule has 124 valence electrons. The molecule has 4 rings (SSSR count). The summed E-state index contributed by atoms with van der Waals surface area (Å²) in [7, 11) is 1.68. The molecule has 0 spiro atoms. The molecule has 0 amide bonds. The van der Waals surface area contributed by atoms with Gasteiger partial charge >= 0.3 is 0 Å². The van der Waals surface area contributed by atoms with E-state index in [0.717, 1.165) is 64.8 Å². The van der Waals surface area contributed by atoms with Crippen molar-refractivity contribution in [2.75, 3.05) is 38.2 Å². The van der Waals surface area contributed by atoms with E-state index in [4.69, 9.17) is 9.47 Å². The normalized spacial score (nSPS) is 16.0. The Balaban J connectivity index is 1.83. The number of methoxy groups -OCH3 is 1. The lowest BCUT2D eigenvalue weighted by molar-refractivity contribution is 0.409. The number of nitrogens with zero attached hydrogens (tertiary/aromatic N) is 2. The van der Waals surface area contributed by atoms with Crippen molar-refractivity contribution in [3.05, 3.63) is 40.4 Å². The van der Waals surface area contributed by atoms with Crippen LogP contribution in [0.1, 0.15) is 5.56 Å². The van der Waals surface area contributed by atoms with E-state index in [1.807, 2.05) is 30.5 Å². The number of benzene rings is 2. The Morgan fingerprint density at radius 1 is 1.17 bits per heavy atom. The number of hydrogen-bond acceptors (Lipinski definition) is 5. The molecule has 0 aromatic heterocycles. The molecule has 1 fully saturated rings. The average Bonchev–Trinajstić information content (AvgIpc) is 2.80. The van der Waals surface area contributed by atoms with Gasteiger partial charge in [0.1, 0.15) is 17.2 Å². The Morgan fingerprint density at radius 2 is 2.00 bits per heavy atom. The van der Waals surface area contributed by atoms with Gasteiger partial charge < -0.3 is 19.7 Å². The molecule has 0 saturated carbocycles. The maximum Gasteiger partial charge on any atom is 0.153 e. The molecule has 2 aliphatic rings. The van der Waals surface area contributed by atoms with Gasteiger partial charge in [0.2, 0.25) is 0 Å². The van der Waals surface area contributed by atoms with Crippen molar-refractivity contribution >= 4 is 33.5 Å². The fourth-order valence-corrected chi connectivity index (χ4v) is 3.37. The molecule has 2 heterocycles. The Labute approximate surface area is 149 Å². The quantitative estimate of drug-likeness (QED) is 0.727. The third kappa shape index (κ3) is 2.87. The van der Waals surface area contributed by atoms with E-state index in [-0.39, 0.29) is 0 Å². The van der Waals surface area contributed by atoms with Crippen LogP contribution in [0.5, 0.6) is 17.2 Å². The molecule has 6 heteroatoms. The van der Waals surface area contributed by atoms with Crippen LogP contribution in [0.15, 0.2) is 39.8 Å². The van der Waals surface area contributed by atoms with Gasteiger partial charge in [-0.05, 0) is 18.2 Å². The monoisotopic (exact) mass is 387 g/mol. The van der Waals surface area contributed by atoms with Gasteiger partial charge in [0.15, 0.2) is 5.75 Å². The molecule has 1 N–H and O–H groups in total. The SMILES string of the molecule is COc1cc2c(c(N3CCNCC3)c1)C=Nc1cc(Br)ccc1O2. The predicted molar refractivity (Wildman–Crippen MR) is 99.5 cm³/mol. The summed E-state index contributed by atoms with van der Waals surface area (Å²) in [5.74, 6) is 2.30. The van der Waals surface area contributed by atoms with Crippen LogP contribution in [-0.2, 0) is 0 Å². The second kappa shape index (κ2) is 6.45. The van der Waals surface area contributed by atoms with Crippen molar-refractivity contribution in [2.45, 2.75) is 0 Å². The predicted octanol–water partition coefficient (Wildman–Crippen LogP) is 3.72. The number of rotatable bonds is 2. The van der Waals surface area contributed by atoms with Gasteiger partial charge in [-0.2, -0.15) is 0 Å². The van der Waals surface area contributed by atoms with Crippen molar-refractivity contribution in [1.29, 1.82) is 0 Å². The van der Waals surface area contributed by atoms with Gasteiger partial charge in [0.05, 0.1) is 18.4 Å². The smallest absolute Gasteiger partial charge is 0.153 e. The highest BCUT2D eigenvalue weighted by molar-refractivity contribution is 9.10. The standard InChI is InChI=1S/C18H18BrN3O2/c1-23-13-9-16(22-6-4-20-5-7-22)14-11-21-15-8-12(19)2-3-17(15)24-18(14)10-13/h2-3,8-11,20H,4-7H2,1H3. The van der Waals surface area contributed by atoms with Crippen molar-refractivity contribution in [3.8, 4) is 17.2 Å². The van der Waals surface area contributed by atoms with Gasteiger partial charge in [-0.3, -0.25) is 4.99 Å². The number of halogens is 1. The van der Waals surface area contributed by atoms with Crippen molar-refractivity contribution < 1.29 is 9.47 Å². The summed E-state index contributed by atoms with van der Waals surface area (Å²) in [5, 5.41) is 3.38. The summed E-state index contributed by atoms with van der Waals surface area (Å²) >= 11 is 3.49. The molecule has 1 saturated heterocycles. The number of aliphatic imine (C=N–C) groups is 1. The molecule has 0 atom stereocenters. The molecule has 0 aliphatic carbocycles. The number of hydrogen-bond donors (Lipinski definition) is 1. The number of ether oxygens (including phenoxy) is 2. The van der Waals surface area contributed by atoms with Crippen LogP contribution in [0.3, 0.4) is 0 Å². The van der Waals surface area contributed by atoms with Gasteiger partial charge in [-0.1, -0.05) is 15.9 Å². The Hall–Kier alpha value is -2.05. The molecule has 5 nitrogen and oxygen atoms in total. The largest absolute Gasteiger partial charge is 0.497 e. The number of piperazine rings is 1. The molecule has 0 unspecified atom stereocenters. The van der Waals surface area contributed by atoms with E-state index in [0.29, 0.717) is 0 Å². The second-order valence-electron chi connectivity index (χ2n) is 5.77. The molecular weight excluding hydrogens is 370 g/mol. The molecule has 2 aliphatic heterocycles. The fraction of sp³-hybridized carbons (Fsp3) is 0.278. The minimum absolute atomic E-state index is 0.743. The summed E-state index contributed by atoms with van der Waals surface area (Å²) in [6, 6.07) is 9.82. The zero-order valence-corrected chi connectivity index (χ0v) is 15.0. The molecule has 2 aromatic carbocycles. The first-order valence-corrected chi connectivity index (χ1v) is 8.73. The molecule has 0 bridgehead atoms. The zero-order valence-electron chi connectivity index (χ0n) is 13.4. The van der Waals surface area contributed by atoms with E-state index in [1.54, 1.807) is 7.11 Å². The minimum Gasteiger partial charge on any atom is -0.497 e. The highest BCUT2D eigenvalue weighted by Gasteiger charge is 2.21. The number of fused-ring (bicyclic) bond motifs is 2. The molecule has 2 aromatic rings. The number of nitrogens with one attached hydrogen (secondary N) is 1. The first-order valence-electron chi connectivity index (χ1n) is 7.94. The third-order valence-corrected chi connectivity index (χ3v) is 4.75. The third-order valence-electron chi connectivity index (χ3n) is 4.26. The first-order chi connectivity index (χ1) is 11.7. The summed E-state index contributed by atoms with van der Waals surface area (Å²) in [5.41, 5.74) is 2.90. The van der Waals surface area contributed by atoms with Crippen molar-refractivity contribution in [3.63, 3.8) is 0 Å². The van der Waals surface area contributed by atoms with Gasteiger partial charge in [0.25, 0.3) is 0 Å². The van der Waals surface area contributed by atoms with Crippen LogP contribution in [0.2, 0.25) is 0 Å². The minimum atomic E-state index is 0.743. The van der Waals surface area contributed by atoms with E-state index >= 15 is 0 Å². The van der Waals surface area contributed by atoms with Crippen LogP contribution in [0.25, 0.3) is 0 Å². The maximum atomic E-state index is 6.16. The summed E-state index contributed by atoms with van der Waals surface area (Å²) < 4.78 is 12.6. The van der Waals surface area contributed by atoms with Crippen LogP contribution in [0.4, 0.5) is 11.4 Å². The summed E-state index contributed by atoms with van der Waals surface area (Å²) in [6.07, 6.45) is 1.89. The molecular formula is C18H18BrN3O2. The second-order valence-corrected chi connectivity index (χ2v) is 6.68. The lowest BCUT2D eigenvalue weighted by atomic mass is 10.1. The van der Waals surface area contributed by atoms with Gasteiger partial charge in [0, 0.05) is 49.0 Å². The fourth-order valence-electron chi connectivity index (χ4n) is 3.02. The maximum absolute atomic E-state index is 6.16. The number of anilines is 1. The Morgan fingerprint density at radius 3 is 2.79 bits per heavy atom. The van der Waals surface area contributed by atoms with E-state index in [2.05, 4.69) is 37.2 Å². The van der Waals surface area contributed by atoms with Crippen LogP contribution in [0, 0.1) is 0 Å². The topological polar surface area (TPSA) is 46.1 Å². The van der Waals surface area contributed by atoms with Gasteiger partial charge in [-0.15, -0.1) is 0 Å². The highest BCUT2D eigenvalue weighted by Crippen LogP contribution is 2.42. The van der Waals surface area contributed by atoms with E-state index in [1.165, 1.54) is 0 Å². The molecule has 24 heavy (non-hydrogen) atoms. The van der Waals surface area contributed by atoms with E-state index in [9.17, 15) is 0 Å². The lowest BCUT2D eigenvalue weighted by Gasteiger charge is -2.31. The Bertz CT molecular complexity index is 801. The first kappa shape index (κ1) is 15.5. The summed E-state index contributed by atoms with van der Waals surface area (Å²) in [4.78, 5) is 6.98.